The number of hydrogen-bond acceptors (Lipinski definition) is 2. The van der Waals surface area contributed by atoms with Gasteiger partial charge >= 0.3 is 0 Å². The highest BCUT2D eigenvalue weighted by atomic mass is 19.2. The summed E-state index contributed by atoms with van der Waals surface area (Å²) in [7, 11) is 1.78. The summed E-state index contributed by atoms with van der Waals surface area (Å²) in [6.07, 6.45) is 0. The molecule has 0 saturated heterocycles. The molecular formula is C12H17F2NO. The van der Waals surface area contributed by atoms with E-state index in [1.165, 1.54) is 6.07 Å². The number of nitrogens with zero attached hydrogens (tertiary/aromatic N) is 1. The van der Waals surface area contributed by atoms with E-state index < -0.39 is 11.6 Å². The first-order valence-electron chi connectivity index (χ1n) is 5.13. The van der Waals surface area contributed by atoms with E-state index >= 15 is 0 Å². The van der Waals surface area contributed by atoms with Gasteiger partial charge in [0.05, 0.1) is 0 Å². The molecule has 0 atom stereocenters. The van der Waals surface area contributed by atoms with E-state index in [2.05, 4.69) is 0 Å². The molecule has 1 N–H and O–H groups in total. The van der Waals surface area contributed by atoms with E-state index in [0.717, 1.165) is 12.1 Å². The Morgan fingerprint density at radius 1 is 1.25 bits per heavy atom. The second-order valence-electron chi connectivity index (χ2n) is 4.78. The lowest BCUT2D eigenvalue weighted by Crippen LogP contribution is -2.33. The monoisotopic (exact) mass is 229 g/mol. The van der Waals surface area contributed by atoms with Gasteiger partial charge in [0.15, 0.2) is 11.6 Å². The molecule has 0 heterocycles. The second-order valence-corrected chi connectivity index (χ2v) is 4.78. The SMILES string of the molecule is CN(CC(C)(C)CO)c1ccc(F)c(F)c1. The Morgan fingerprint density at radius 3 is 2.38 bits per heavy atom. The van der Waals surface area contributed by atoms with Crippen LogP contribution in [0.15, 0.2) is 18.2 Å². The van der Waals surface area contributed by atoms with Crippen molar-refractivity contribution in [2.45, 2.75) is 13.8 Å². The molecular weight excluding hydrogens is 212 g/mol. The molecule has 0 unspecified atom stereocenters. The molecule has 2 nitrogen and oxygen atoms in total. The van der Waals surface area contributed by atoms with Crippen LogP contribution in [-0.2, 0) is 0 Å². The molecule has 1 aromatic carbocycles. The molecule has 0 spiro atoms. The Kier molecular flexibility index (Phi) is 3.86. The number of aliphatic hydroxyl groups is 1. The zero-order chi connectivity index (χ0) is 12.3. The highest BCUT2D eigenvalue weighted by Crippen LogP contribution is 2.21. The first kappa shape index (κ1) is 12.9. The third kappa shape index (κ3) is 3.17. The summed E-state index contributed by atoms with van der Waals surface area (Å²) in [5, 5.41) is 9.13. The van der Waals surface area contributed by atoms with Crippen LogP contribution in [-0.4, -0.2) is 25.3 Å². The molecule has 0 saturated carbocycles. The Balaban J connectivity index is 2.81. The summed E-state index contributed by atoms with van der Waals surface area (Å²) in [5.41, 5.74) is 0.319. The van der Waals surface area contributed by atoms with E-state index in [1.54, 1.807) is 11.9 Å². The number of rotatable bonds is 4. The Labute approximate surface area is 94.5 Å². The lowest BCUT2D eigenvalue weighted by molar-refractivity contribution is 0.165. The lowest BCUT2D eigenvalue weighted by atomic mass is 9.94. The van der Waals surface area contributed by atoms with Crippen molar-refractivity contribution in [1.82, 2.24) is 0 Å². The summed E-state index contributed by atoms with van der Waals surface area (Å²) in [6.45, 7) is 4.42. The fourth-order valence-electron chi connectivity index (χ4n) is 1.51. The molecule has 4 heteroatoms. The third-order valence-corrected chi connectivity index (χ3v) is 2.44. The van der Waals surface area contributed by atoms with Crippen LogP contribution in [0.25, 0.3) is 0 Å². The quantitative estimate of drug-likeness (QED) is 0.857. The van der Waals surface area contributed by atoms with Crippen LogP contribution in [0.4, 0.5) is 14.5 Å². The summed E-state index contributed by atoms with van der Waals surface area (Å²) < 4.78 is 25.7. The maximum Gasteiger partial charge on any atom is 0.160 e. The van der Waals surface area contributed by atoms with Gasteiger partial charge in [-0.25, -0.2) is 8.78 Å². The van der Waals surface area contributed by atoms with Gasteiger partial charge in [-0.05, 0) is 12.1 Å². The maximum atomic E-state index is 13.0. The van der Waals surface area contributed by atoms with E-state index in [0.29, 0.717) is 12.2 Å². The van der Waals surface area contributed by atoms with E-state index in [1.807, 2.05) is 13.8 Å². The minimum absolute atomic E-state index is 0.0427. The molecule has 0 aliphatic rings. The molecule has 0 aliphatic carbocycles. The van der Waals surface area contributed by atoms with Crippen LogP contribution in [0.5, 0.6) is 0 Å². The number of hydrogen-bond donors (Lipinski definition) is 1. The van der Waals surface area contributed by atoms with Crippen LogP contribution in [0.1, 0.15) is 13.8 Å². The van der Waals surface area contributed by atoms with Gasteiger partial charge in [0, 0.05) is 37.4 Å². The van der Waals surface area contributed by atoms with Crippen LogP contribution < -0.4 is 4.90 Å². The summed E-state index contributed by atoms with van der Waals surface area (Å²) in [4.78, 5) is 1.79. The van der Waals surface area contributed by atoms with Gasteiger partial charge in [-0.15, -0.1) is 0 Å². The molecule has 0 amide bonds. The van der Waals surface area contributed by atoms with Gasteiger partial charge < -0.3 is 10.0 Å². The smallest absolute Gasteiger partial charge is 0.160 e. The number of anilines is 1. The molecule has 0 aromatic heterocycles. The van der Waals surface area contributed by atoms with Crippen molar-refractivity contribution < 1.29 is 13.9 Å². The van der Waals surface area contributed by atoms with Crippen molar-refractivity contribution in [2.24, 2.45) is 5.41 Å². The molecule has 0 radical (unpaired) electrons. The number of halogens is 2. The topological polar surface area (TPSA) is 23.5 Å². The average molecular weight is 229 g/mol. The van der Waals surface area contributed by atoms with Gasteiger partial charge in [-0.3, -0.25) is 0 Å². The number of aliphatic hydroxyl groups excluding tert-OH is 1. The third-order valence-electron chi connectivity index (χ3n) is 2.44. The normalized spacial score (nSPS) is 11.6. The Morgan fingerprint density at radius 2 is 1.88 bits per heavy atom. The van der Waals surface area contributed by atoms with Crippen molar-refractivity contribution >= 4 is 5.69 Å². The summed E-state index contributed by atoms with van der Waals surface area (Å²) in [6, 6.07) is 3.78. The van der Waals surface area contributed by atoms with E-state index in [9.17, 15) is 8.78 Å². The van der Waals surface area contributed by atoms with E-state index in [-0.39, 0.29) is 12.0 Å². The highest BCUT2D eigenvalue weighted by molar-refractivity contribution is 5.46. The van der Waals surface area contributed by atoms with Gasteiger partial charge in [0.2, 0.25) is 0 Å². The van der Waals surface area contributed by atoms with Gasteiger partial charge in [0.25, 0.3) is 0 Å². The average Bonchev–Trinajstić information content (AvgIpc) is 2.21. The molecule has 90 valence electrons. The molecule has 0 aliphatic heterocycles. The molecule has 1 rings (SSSR count). The molecule has 0 fully saturated rings. The van der Waals surface area contributed by atoms with Gasteiger partial charge in [-0.2, -0.15) is 0 Å². The van der Waals surface area contributed by atoms with E-state index in [4.69, 9.17) is 5.11 Å². The predicted molar refractivity (Wildman–Crippen MR) is 60.5 cm³/mol. The Bertz CT molecular complexity index is 366. The standard InChI is InChI=1S/C12H17F2NO/c1-12(2,8-16)7-15(3)9-4-5-10(13)11(14)6-9/h4-6,16H,7-8H2,1-3H3. The fraction of sp³-hybridized carbons (Fsp3) is 0.500. The largest absolute Gasteiger partial charge is 0.396 e. The highest BCUT2D eigenvalue weighted by Gasteiger charge is 2.19. The second kappa shape index (κ2) is 4.78. The van der Waals surface area contributed by atoms with Crippen LogP contribution >= 0.6 is 0 Å². The predicted octanol–water partition coefficient (Wildman–Crippen LogP) is 2.42. The lowest BCUT2D eigenvalue weighted by Gasteiger charge is -2.29. The zero-order valence-electron chi connectivity index (χ0n) is 9.80. The Hall–Kier alpha value is -1.16. The van der Waals surface area contributed by atoms with Gasteiger partial charge in [-0.1, -0.05) is 13.8 Å². The molecule has 16 heavy (non-hydrogen) atoms. The van der Waals surface area contributed by atoms with Crippen molar-refractivity contribution in [1.29, 1.82) is 0 Å². The van der Waals surface area contributed by atoms with Crippen molar-refractivity contribution in [3.8, 4) is 0 Å². The first-order chi connectivity index (χ1) is 7.35. The molecule has 1 aromatic rings. The minimum Gasteiger partial charge on any atom is -0.396 e. The summed E-state index contributed by atoms with van der Waals surface area (Å²) >= 11 is 0. The zero-order valence-corrected chi connectivity index (χ0v) is 9.80. The van der Waals surface area contributed by atoms with Gasteiger partial charge in [0.1, 0.15) is 0 Å². The fourth-order valence-corrected chi connectivity index (χ4v) is 1.51. The van der Waals surface area contributed by atoms with Crippen molar-refractivity contribution in [3.05, 3.63) is 29.8 Å². The van der Waals surface area contributed by atoms with Crippen molar-refractivity contribution in [3.63, 3.8) is 0 Å². The number of benzene rings is 1. The summed E-state index contributed by atoms with van der Waals surface area (Å²) in [5.74, 6) is -1.70. The van der Waals surface area contributed by atoms with Crippen LogP contribution in [0.2, 0.25) is 0 Å². The van der Waals surface area contributed by atoms with Crippen LogP contribution in [0, 0.1) is 17.0 Å². The first-order valence-corrected chi connectivity index (χ1v) is 5.13. The van der Waals surface area contributed by atoms with Crippen molar-refractivity contribution in [2.75, 3.05) is 25.1 Å². The minimum atomic E-state index is -0.855. The van der Waals surface area contributed by atoms with Crippen LogP contribution in [0.3, 0.4) is 0 Å². The maximum absolute atomic E-state index is 13.0. The molecule has 0 bridgehead atoms.